The van der Waals surface area contributed by atoms with Crippen LogP contribution in [-0.2, 0) is 27.4 Å². The molecule has 198 valence electrons. The molecular formula is C30H32N2O6. The molecule has 0 aliphatic carbocycles. The first-order valence-electron chi connectivity index (χ1n) is 12.6. The smallest absolute Gasteiger partial charge is 0.407 e. The van der Waals surface area contributed by atoms with Crippen molar-refractivity contribution in [2.75, 3.05) is 6.54 Å². The number of carbonyl (C=O) groups is 4. The highest BCUT2D eigenvalue weighted by Crippen LogP contribution is 2.13. The summed E-state index contributed by atoms with van der Waals surface area (Å²) in [5.41, 5.74) is 2.69. The maximum absolute atomic E-state index is 12.5. The Balaban J connectivity index is 1.33. The quantitative estimate of drug-likeness (QED) is 0.214. The van der Waals surface area contributed by atoms with Crippen LogP contribution in [-0.4, -0.2) is 41.4 Å². The van der Waals surface area contributed by atoms with Gasteiger partial charge in [0.1, 0.15) is 12.6 Å². The van der Waals surface area contributed by atoms with Gasteiger partial charge in [0.15, 0.2) is 5.78 Å². The molecule has 0 spiro atoms. The van der Waals surface area contributed by atoms with Crippen LogP contribution in [0, 0.1) is 0 Å². The van der Waals surface area contributed by atoms with E-state index in [9.17, 15) is 24.3 Å². The molecule has 3 aromatic rings. The number of rotatable bonds is 14. The lowest BCUT2D eigenvalue weighted by atomic mass is 9.99. The van der Waals surface area contributed by atoms with Gasteiger partial charge in [-0.3, -0.25) is 9.59 Å². The number of hydrogen-bond donors (Lipinski definition) is 3. The Morgan fingerprint density at radius 3 is 2.03 bits per heavy atom. The van der Waals surface area contributed by atoms with Crippen LogP contribution in [0.15, 0.2) is 84.9 Å². The highest BCUT2D eigenvalue weighted by molar-refractivity contribution is 6.08. The summed E-state index contributed by atoms with van der Waals surface area (Å²) in [6, 6.07) is 24.0. The van der Waals surface area contributed by atoms with Crippen molar-refractivity contribution in [1.82, 2.24) is 10.6 Å². The summed E-state index contributed by atoms with van der Waals surface area (Å²) in [5.74, 6) is -1.58. The van der Waals surface area contributed by atoms with Crippen LogP contribution >= 0.6 is 0 Å². The van der Waals surface area contributed by atoms with E-state index in [-0.39, 0.29) is 31.1 Å². The highest BCUT2D eigenvalue weighted by atomic mass is 16.5. The zero-order valence-corrected chi connectivity index (χ0v) is 21.1. The van der Waals surface area contributed by atoms with Crippen molar-refractivity contribution < 1.29 is 29.0 Å². The van der Waals surface area contributed by atoms with E-state index in [2.05, 4.69) is 10.6 Å². The molecule has 0 radical (unpaired) electrons. The molecule has 0 heterocycles. The van der Waals surface area contributed by atoms with Gasteiger partial charge in [-0.2, -0.15) is 0 Å². The Labute approximate surface area is 222 Å². The van der Waals surface area contributed by atoms with E-state index in [1.54, 1.807) is 48.5 Å². The predicted molar refractivity (Wildman–Crippen MR) is 143 cm³/mol. The molecule has 2 amide bonds. The van der Waals surface area contributed by atoms with Crippen LogP contribution in [0.25, 0.3) is 0 Å². The monoisotopic (exact) mass is 516 g/mol. The third-order valence-corrected chi connectivity index (χ3v) is 5.89. The van der Waals surface area contributed by atoms with Crippen LogP contribution in [0.1, 0.15) is 52.7 Å². The van der Waals surface area contributed by atoms with Crippen molar-refractivity contribution in [2.24, 2.45) is 0 Å². The van der Waals surface area contributed by atoms with Gasteiger partial charge in [0.25, 0.3) is 0 Å². The third-order valence-electron chi connectivity index (χ3n) is 5.89. The normalized spacial score (nSPS) is 11.3. The van der Waals surface area contributed by atoms with E-state index in [1.165, 1.54) is 0 Å². The number of alkyl carbamates (subject to hydrolysis) is 1. The molecular weight excluding hydrogens is 484 g/mol. The second kappa shape index (κ2) is 14.9. The van der Waals surface area contributed by atoms with Gasteiger partial charge in [0.05, 0.1) is 0 Å². The average Bonchev–Trinajstić information content (AvgIpc) is 2.94. The van der Waals surface area contributed by atoms with Gasteiger partial charge in [-0.15, -0.1) is 0 Å². The topological polar surface area (TPSA) is 122 Å². The van der Waals surface area contributed by atoms with E-state index in [4.69, 9.17) is 4.74 Å². The molecule has 8 heteroatoms. The summed E-state index contributed by atoms with van der Waals surface area (Å²) in [4.78, 5) is 48.3. The van der Waals surface area contributed by atoms with E-state index in [1.807, 2.05) is 36.4 Å². The fourth-order valence-electron chi connectivity index (χ4n) is 3.80. The van der Waals surface area contributed by atoms with Gasteiger partial charge >= 0.3 is 12.1 Å². The van der Waals surface area contributed by atoms with E-state index < -0.39 is 18.1 Å². The molecule has 0 unspecified atom stereocenters. The number of carbonyl (C=O) groups excluding carboxylic acids is 3. The average molecular weight is 517 g/mol. The Morgan fingerprint density at radius 2 is 1.37 bits per heavy atom. The van der Waals surface area contributed by atoms with Crippen LogP contribution in [0.4, 0.5) is 4.79 Å². The maximum atomic E-state index is 12.5. The number of carboxylic acid groups (broad SMARTS) is 1. The number of hydrogen-bond acceptors (Lipinski definition) is 5. The maximum Gasteiger partial charge on any atom is 0.407 e. The highest BCUT2D eigenvalue weighted by Gasteiger charge is 2.20. The molecule has 3 rings (SSSR count). The Morgan fingerprint density at radius 1 is 0.737 bits per heavy atom. The van der Waals surface area contributed by atoms with Crippen LogP contribution in [0.5, 0.6) is 0 Å². The van der Waals surface area contributed by atoms with Gasteiger partial charge in [-0.25, -0.2) is 9.59 Å². The molecule has 0 bridgehead atoms. The summed E-state index contributed by atoms with van der Waals surface area (Å²) in [5, 5.41) is 14.8. The Bertz CT molecular complexity index is 1200. The summed E-state index contributed by atoms with van der Waals surface area (Å²) in [6.07, 6.45) is 1.73. The minimum absolute atomic E-state index is 0.107. The molecule has 0 aliphatic rings. The van der Waals surface area contributed by atoms with Gasteiger partial charge in [-0.05, 0) is 24.0 Å². The van der Waals surface area contributed by atoms with Crippen LogP contribution in [0.3, 0.4) is 0 Å². The van der Waals surface area contributed by atoms with E-state index in [0.29, 0.717) is 42.5 Å². The second-order valence-electron chi connectivity index (χ2n) is 8.85. The first kappa shape index (κ1) is 28.1. The first-order valence-corrected chi connectivity index (χ1v) is 12.6. The SMILES string of the molecule is O=C(CCCCCNC(=O)OCc1ccccc1)N[C@@H](Cc1ccc(C(=O)c2ccccc2)cc1)C(=O)O. The lowest BCUT2D eigenvalue weighted by molar-refractivity contribution is -0.141. The zero-order valence-electron chi connectivity index (χ0n) is 21.1. The molecule has 0 saturated carbocycles. The molecule has 3 N–H and O–H groups in total. The number of carboxylic acids is 1. The molecule has 0 aliphatic heterocycles. The van der Waals surface area contributed by atoms with Crippen molar-refractivity contribution in [3.05, 3.63) is 107 Å². The predicted octanol–water partition coefficient (Wildman–Crippen LogP) is 4.52. The lowest BCUT2D eigenvalue weighted by Crippen LogP contribution is -2.42. The molecule has 0 aromatic heterocycles. The lowest BCUT2D eigenvalue weighted by Gasteiger charge is -2.15. The largest absolute Gasteiger partial charge is 0.480 e. The fourth-order valence-corrected chi connectivity index (χ4v) is 3.80. The molecule has 0 fully saturated rings. The standard InChI is InChI=1S/C30H32N2O6/c33-27(14-8-3-9-19-31-30(37)38-21-23-10-4-1-5-11-23)32-26(29(35)36)20-22-15-17-25(18-16-22)28(34)24-12-6-2-7-13-24/h1-2,4-7,10-13,15-18,26H,3,8-9,14,19-21H2,(H,31,37)(H,32,33)(H,35,36)/t26-/m0/s1. The molecule has 38 heavy (non-hydrogen) atoms. The second-order valence-corrected chi connectivity index (χ2v) is 8.85. The summed E-state index contributed by atoms with van der Waals surface area (Å²) in [7, 11) is 0. The molecule has 8 nitrogen and oxygen atoms in total. The van der Waals surface area contributed by atoms with Crippen molar-refractivity contribution in [3.63, 3.8) is 0 Å². The van der Waals surface area contributed by atoms with E-state index in [0.717, 1.165) is 5.56 Å². The number of benzene rings is 3. The minimum Gasteiger partial charge on any atom is -0.480 e. The van der Waals surface area contributed by atoms with Gasteiger partial charge in [0, 0.05) is 30.5 Å². The van der Waals surface area contributed by atoms with Crippen LogP contribution in [0.2, 0.25) is 0 Å². The zero-order chi connectivity index (χ0) is 27.2. The number of ether oxygens (including phenoxy) is 1. The summed E-state index contributed by atoms with van der Waals surface area (Å²) >= 11 is 0. The Hall–Kier alpha value is -4.46. The fraction of sp³-hybridized carbons (Fsp3) is 0.267. The van der Waals surface area contributed by atoms with Crippen molar-refractivity contribution >= 4 is 23.8 Å². The van der Waals surface area contributed by atoms with E-state index >= 15 is 0 Å². The number of ketones is 1. The third kappa shape index (κ3) is 9.54. The minimum atomic E-state index is -1.12. The van der Waals surface area contributed by atoms with Crippen molar-refractivity contribution in [3.8, 4) is 0 Å². The van der Waals surface area contributed by atoms with Crippen LogP contribution < -0.4 is 10.6 Å². The number of aliphatic carboxylic acids is 1. The molecule has 0 saturated heterocycles. The summed E-state index contributed by atoms with van der Waals surface area (Å²) in [6.45, 7) is 0.628. The molecule has 1 atom stereocenters. The van der Waals surface area contributed by atoms with Crippen molar-refractivity contribution in [1.29, 1.82) is 0 Å². The van der Waals surface area contributed by atoms with Gasteiger partial charge in [0.2, 0.25) is 5.91 Å². The number of unbranched alkanes of at least 4 members (excludes halogenated alkanes) is 2. The van der Waals surface area contributed by atoms with Gasteiger partial charge < -0.3 is 20.5 Å². The Kier molecular flexibility index (Phi) is 11.1. The molecule has 3 aromatic carbocycles. The van der Waals surface area contributed by atoms with Gasteiger partial charge in [-0.1, -0.05) is 91.3 Å². The van der Waals surface area contributed by atoms with Crippen molar-refractivity contribution in [2.45, 2.75) is 44.8 Å². The number of nitrogens with one attached hydrogen (secondary N) is 2. The number of amides is 2. The summed E-state index contributed by atoms with van der Waals surface area (Å²) < 4.78 is 5.14. The first-order chi connectivity index (χ1) is 18.4.